The Morgan fingerprint density at radius 1 is 0.947 bits per heavy atom. The number of rotatable bonds is 6. The number of imidazole rings is 1. The van der Waals surface area contributed by atoms with Crippen LogP contribution in [0.2, 0.25) is 0 Å². The van der Waals surface area contributed by atoms with E-state index in [0.29, 0.717) is 5.65 Å². The van der Waals surface area contributed by atoms with E-state index in [4.69, 9.17) is 5.11 Å². The molecule has 5 aromatic rings. The molecule has 6 rings (SSSR count). The van der Waals surface area contributed by atoms with E-state index in [1.807, 2.05) is 53.2 Å². The van der Waals surface area contributed by atoms with Crippen molar-refractivity contribution in [3.8, 4) is 16.8 Å². The second-order valence-electron chi connectivity index (χ2n) is 9.71. The Labute approximate surface area is 219 Å². The highest BCUT2D eigenvalue weighted by Gasteiger charge is 2.29. The number of hydrogen-bond acceptors (Lipinski definition) is 5. The van der Waals surface area contributed by atoms with Crippen LogP contribution in [0.3, 0.4) is 0 Å². The summed E-state index contributed by atoms with van der Waals surface area (Å²) in [5, 5.41) is 9.15. The van der Waals surface area contributed by atoms with E-state index in [1.165, 1.54) is 5.56 Å². The lowest BCUT2D eigenvalue weighted by Gasteiger charge is -2.17. The minimum atomic E-state index is -0.950. The van der Waals surface area contributed by atoms with Crippen LogP contribution in [0.4, 0.5) is 0 Å². The molecule has 1 atom stereocenters. The first-order valence-electron chi connectivity index (χ1n) is 12.6. The van der Waals surface area contributed by atoms with Crippen molar-refractivity contribution in [1.29, 1.82) is 0 Å². The number of nitrogens with zero attached hydrogens (tertiary/aromatic N) is 5. The molecule has 0 radical (unpaired) electrons. The van der Waals surface area contributed by atoms with Crippen molar-refractivity contribution in [2.75, 3.05) is 13.1 Å². The van der Waals surface area contributed by atoms with Crippen LogP contribution >= 0.6 is 0 Å². The van der Waals surface area contributed by atoms with Crippen molar-refractivity contribution in [1.82, 2.24) is 24.0 Å². The molecule has 2 aromatic carbocycles. The van der Waals surface area contributed by atoms with Gasteiger partial charge in [-0.2, -0.15) is 0 Å². The summed E-state index contributed by atoms with van der Waals surface area (Å²) in [6.45, 7) is 4.49. The predicted molar refractivity (Wildman–Crippen MR) is 146 cm³/mol. The van der Waals surface area contributed by atoms with Crippen molar-refractivity contribution in [3.05, 3.63) is 112 Å². The zero-order chi connectivity index (χ0) is 26.2. The van der Waals surface area contributed by atoms with E-state index in [1.54, 1.807) is 35.0 Å². The molecule has 1 fully saturated rings. The van der Waals surface area contributed by atoms with Crippen LogP contribution in [0.1, 0.15) is 34.1 Å². The summed E-state index contributed by atoms with van der Waals surface area (Å²) in [6.07, 6.45) is 4.43. The molecule has 0 saturated carbocycles. The zero-order valence-electron chi connectivity index (χ0n) is 21.0. The second kappa shape index (κ2) is 9.72. The first-order valence-corrected chi connectivity index (χ1v) is 12.6. The number of carboxylic acid groups (broad SMARTS) is 1. The Kier molecular flexibility index (Phi) is 6.09. The molecule has 0 aliphatic carbocycles. The standard InChI is InChI=1S/C30H27N5O3/c1-20-4-2-15-31-26(20)19-33-17-14-25(18-33)35-28-27(5-3-16-32-28)34(30(35)38)24-12-10-22(11-13-24)21-6-8-23(9-7-21)29(36)37/h2-13,15-16,25H,14,17-19H2,1H3,(H,36,37). The number of aryl methyl sites for hydroxylation is 1. The summed E-state index contributed by atoms with van der Waals surface area (Å²) in [4.78, 5) is 36.5. The number of likely N-dealkylation sites (tertiary alicyclic amines) is 1. The minimum absolute atomic E-state index is 0.0252. The van der Waals surface area contributed by atoms with Gasteiger partial charge < -0.3 is 5.11 Å². The lowest BCUT2D eigenvalue weighted by atomic mass is 10.0. The Morgan fingerprint density at radius 2 is 1.63 bits per heavy atom. The molecule has 0 amide bonds. The van der Waals surface area contributed by atoms with Crippen molar-refractivity contribution in [2.24, 2.45) is 0 Å². The number of aromatic nitrogens is 4. The van der Waals surface area contributed by atoms with Crippen LogP contribution in [0.25, 0.3) is 28.0 Å². The van der Waals surface area contributed by atoms with Crippen LogP contribution in [0.15, 0.2) is 90.0 Å². The van der Waals surface area contributed by atoms with Crippen LogP contribution in [0.5, 0.6) is 0 Å². The lowest BCUT2D eigenvalue weighted by molar-refractivity contribution is 0.0697. The summed E-state index contributed by atoms with van der Waals surface area (Å²) < 4.78 is 3.57. The molecule has 3 aromatic heterocycles. The smallest absolute Gasteiger partial charge is 0.335 e. The number of carbonyl (C=O) groups is 1. The quantitative estimate of drug-likeness (QED) is 0.360. The van der Waals surface area contributed by atoms with Gasteiger partial charge in [0, 0.05) is 32.0 Å². The first kappa shape index (κ1) is 23.8. The molecule has 4 heterocycles. The summed E-state index contributed by atoms with van der Waals surface area (Å²) in [5.41, 5.74) is 6.46. The SMILES string of the molecule is Cc1cccnc1CN1CCC(n2c(=O)n(-c3ccc(-c4ccc(C(=O)O)cc4)cc3)c3cccnc32)C1. The van der Waals surface area contributed by atoms with E-state index in [2.05, 4.69) is 27.9 Å². The third-order valence-corrected chi connectivity index (χ3v) is 7.33. The molecular formula is C30H27N5O3. The van der Waals surface area contributed by atoms with Crippen LogP contribution in [-0.4, -0.2) is 48.2 Å². The molecule has 1 aliphatic rings. The van der Waals surface area contributed by atoms with Gasteiger partial charge in [-0.15, -0.1) is 0 Å². The molecule has 1 N–H and O–H groups in total. The molecule has 8 nitrogen and oxygen atoms in total. The second-order valence-corrected chi connectivity index (χ2v) is 9.71. The van der Waals surface area contributed by atoms with E-state index >= 15 is 0 Å². The van der Waals surface area contributed by atoms with Crippen LogP contribution in [0, 0.1) is 6.92 Å². The number of pyridine rings is 2. The Hall–Kier alpha value is -4.56. The van der Waals surface area contributed by atoms with Gasteiger partial charge >= 0.3 is 11.7 Å². The van der Waals surface area contributed by atoms with Crippen molar-refractivity contribution < 1.29 is 9.90 Å². The van der Waals surface area contributed by atoms with Crippen molar-refractivity contribution in [2.45, 2.75) is 25.9 Å². The highest BCUT2D eigenvalue weighted by molar-refractivity contribution is 5.88. The molecule has 0 spiro atoms. The van der Waals surface area contributed by atoms with Gasteiger partial charge in [-0.25, -0.2) is 14.6 Å². The van der Waals surface area contributed by atoms with Gasteiger partial charge in [0.2, 0.25) is 0 Å². The zero-order valence-corrected chi connectivity index (χ0v) is 21.0. The lowest BCUT2D eigenvalue weighted by Crippen LogP contribution is -2.29. The van der Waals surface area contributed by atoms with Gasteiger partial charge in [0.25, 0.3) is 0 Å². The molecule has 1 saturated heterocycles. The molecule has 0 bridgehead atoms. The monoisotopic (exact) mass is 505 g/mol. The Bertz CT molecular complexity index is 1690. The fourth-order valence-corrected chi connectivity index (χ4v) is 5.30. The average Bonchev–Trinajstić information content (AvgIpc) is 3.51. The maximum absolute atomic E-state index is 13.9. The van der Waals surface area contributed by atoms with Gasteiger partial charge in [-0.3, -0.25) is 19.0 Å². The average molecular weight is 506 g/mol. The van der Waals surface area contributed by atoms with Crippen molar-refractivity contribution in [3.63, 3.8) is 0 Å². The predicted octanol–water partition coefficient (Wildman–Crippen LogP) is 4.70. The molecule has 1 unspecified atom stereocenters. The van der Waals surface area contributed by atoms with E-state index in [0.717, 1.165) is 54.1 Å². The number of hydrogen-bond donors (Lipinski definition) is 1. The molecular weight excluding hydrogens is 478 g/mol. The van der Waals surface area contributed by atoms with Gasteiger partial charge in [-0.05, 0) is 72.5 Å². The molecule has 1 aliphatic heterocycles. The third kappa shape index (κ3) is 4.29. The topological polar surface area (TPSA) is 93.2 Å². The molecule has 38 heavy (non-hydrogen) atoms. The maximum atomic E-state index is 13.9. The van der Waals surface area contributed by atoms with Gasteiger partial charge in [-0.1, -0.05) is 30.3 Å². The highest BCUT2D eigenvalue weighted by Crippen LogP contribution is 2.28. The molecule has 8 heteroatoms. The van der Waals surface area contributed by atoms with Gasteiger partial charge in [0.05, 0.1) is 28.5 Å². The van der Waals surface area contributed by atoms with Gasteiger partial charge in [0.1, 0.15) is 0 Å². The van der Waals surface area contributed by atoms with Gasteiger partial charge in [0.15, 0.2) is 5.65 Å². The number of aromatic carboxylic acids is 1. The van der Waals surface area contributed by atoms with Crippen LogP contribution < -0.4 is 5.69 Å². The maximum Gasteiger partial charge on any atom is 0.335 e. The van der Waals surface area contributed by atoms with E-state index in [-0.39, 0.29) is 17.3 Å². The van der Waals surface area contributed by atoms with Crippen molar-refractivity contribution >= 4 is 17.1 Å². The molecule has 190 valence electrons. The normalized spacial score (nSPS) is 15.8. The first-order chi connectivity index (χ1) is 18.5. The number of benzene rings is 2. The fourth-order valence-electron chi connectivity index (χ4n) is 5.30. The van der Waals surface area contributed by atoms with E-state index < -0.39 is 5.97 Å². The summed E-state index contributed by atoms with van der Waals surface area (Å²) in [5.74, 6) is -0.950. The third-order valence-electron chi connectivity index (χ3n) is 7.33. The Balaban J connectivity index is 1.31. The summed E-state index contributed by atoms with van der Waals surface area (Å²) in [7, 11) is 0. The summed E-state index contributed by atoms with van der Waals surface area (Å²) in [6, 6.07) is 22.3. The minimum Gasteiger partial charge on any atom is -0.478 e. The van der Waals surface area contributed by atoms with Crippen LogP contribution in [-0.2, 0) is 6.54 Å². The Morgan fingerprint density at radius 3 is 2.34 bits per heavy atom. The fraction of sp³-hybridized carbons (Fsp3) is 0.200. The highest BCUT2D eigenvalue weighted by atomic mass is 16.4. The summed E-state index contributed by atoms with van der Waals surface area (Å²) >= 11 is 0. The number of carboxylic acids is 1. The largest absolute Gasteiger partial charge is 0.478 e. The number of fused-ring (bicyclic) bond motifs is 1. The van der Waals surface area contributed by atoms with E-state index in [9.17, 15) is 9.59 Å².